The number of alkyl halides is 2. The number of carboxylic acid groups (broad SMARTS) is 4. The number of hydrogen-bond acceptors (Lipinski definition) is 7. The molecule has 0 aromatic heterocycles. The third kappa shape index (κ3) is 23.8. The van der Waals surface area contributed by atoms with Gasteiger partial charge in [0, 0.05) is 0 Å². The molecular formula is C6H10BF2LiO11. The van der Waals surface area contributed by atoms with Gasteiger partial charge in [-0.2, -0.15) is 8.78 Å². The van der Waals surface area contributed by atoms with Gasteiger partial charge in [0.15, 0.2) is 0 Å². The third-order valence-corrected chi connectivity index (χ3v) is 0.840. The maximum atomic E-state index is 11.5. The number of halogens is 2. The molecule has 0 aliphatic rings. The summed E-state index contributed by atoms with van der Waals surface area (Å²) in [6.45, 7) is 0. The summed E-state index contributed by atoms with van der Waals surface area (Å²) in [6.07, 6.45) is -0.806. The average Bonchev–Trinajstić information content (AvgIpc) is 2.14. The summed E-state index contributed by atoms with van der Waals surface area (Å²) in [5.41, 5.74) is 0. The van der Waals surface area contributed by atoms with E-state index in [0.717, 1.165) is 0 Å². The molecule has 11 nitrogen and oxygen atoms in total. The summed E-state index contributed by atoms with van der Waals surface area (Å²) >= 11 is 0. The first-order valence-electron chi connectivity index (χ1n) is 4.07. The van der Waals surface area contributed by atoms with Crippen molar-refractivity contribution in [3.63, 3.8) is 0 Å². The van der Waals surface area contributed by atoms with Gasteiger partial charge in [-0.15, -0.1) is 0 Å². The quantitative estimate of drug-likeness (QED) is 0.201. The van der Waals surface area contributed by atoms with Crippen LogP contribution in [-0.2, 0) is 19.2 Å². The van der Waals surface area contributed by atoms with E-state index < -0.39 is 43.5 Å². The molecule has 0 radical (unpaired) electrons. The zero-order valence-electron chi connectivity index (χ0n) is 9.30. The van der Waals surface area contributed by atoms with Crippen LogP contribution in [0.3, 0.4) is 0 Å². The summed E-state index contributed by atoms with van der Waals surface area (Å²) in [4.78, 5) is 37.5. The molecule has 7 N–H and O–H groups in total. The Hall–Kier alpha value is -1.72. The van der Waals surface area contributed by atoms with E-state index >= 15 is 0 Å². The molecular weight excluding hydrogens is 304 g/mol. The van der Waals surface area contributed by atoms with Gasteiger partial charge in [-0.05, 0) is 0 Å². The van der Waals surface area contributed by atoms with E-state index in [1.54, 1.807) is 0 Å². The molecule has 0 spiro atoms. The monoisotopic (exact) mass is 314 g/mol. The molecule has 0 aliphatic carbocycles. The van der Waals surface area contributed by atoms with E-state index in [-0.39, 0.29) is 18.9 Å². The second kappa shape index (κ2) is 13.3. The predicted octanol–water partition coefficient (Wildman–Crippen LogP) is -3.36. The molecule has 0 rings (SSSR count). The topological polar surface area (TPSA) is 210 Å². The van der Waals surface area contributed by atoms with E-state index in [0.29, 0.717) is 0 Å². The van der Waals surface area contributed by atoms with Gasteiger partial charge in [0.2, 0.25) is 0 Å². The van der Waals surface area contributed by atoms with Crippen LogP contribution in [0.2, 0.25) is 0 Å². The van der Waals surface area contributed by atoms with Crippen LogP contribution in [0.1, 0.15) is 6.42 Å². The molecule has 0 bridgehead atoms. The number of carboxylic acids is 4. The number of rotatable bonds is 4. The minimum atomic E-state index is -4.67. The Morgan fingerprint density at radius 2 is 1.00 bits per heavy atom. The summed E-state index contributed by atoms with van der Waals surface area (Å²) in [6, 6.07) is 0. The molecule has 0 saturated carbocycles. The first-order chi connectivity index (χ1) is 8.74. The summed E-state index contributed by atoms with van der Waals surface area (Å²) in [5.74, 6) is -12.6. The van der Waals surface area contributed by atoms with Crippen molar-refractivity contribution in [3.8, 4) is 0 Å². The second-order valence-corrected chi connectivity index (χ2v) is 2.50. The second-order valence-electron chi connectivity index (χ2n) is 2.50. The Bertz CT molecular complexity index is 330. The summed E-state index contributed by atoms with van der Waals surface area (Å²) < 4.78 is 22.9. The number of hydrogen-bond donors (Lipinski definition) is 7. The Balaban J connectivity index is -0.000000108. The molecule has 118 valence electrons. The molecule has 0 fully saturated rings. The van der Waals surface area contributed by atoms with E-state index in [4.69, 9.17) is 35.5 Å². The van der Waals surface area contributed by atoms with Crippen LogP contribution in [0, 0.1) is 0 Å². The number of carbonyl (C=O) groups is 4. The van der Waals surface area contributed by atoms with Gasteiger partial charge in [-0.25, -0.2) is 9.59 Å². The predicted molar refractivity (Wildman–Crippen MR) is 59.7 cm³/mol. The Morgan fingerprint density at radius 1 is 0.810 bits per heavy atom. The van der Waals surface area contributed by atoms with Crippen molar-refractivity contribution >= 4 is 50.1 Å². The summed E-state index contributed by atoms with van der Waals surface area (Å²) in [7, 11) is -2.17. The Morgan fingerprint density at radius 3 is 1.00 bits per heavy atom. The van der Waals surface area contributed by atoms with Crippen molar-refractivity contribution in [2.24, 2.45) is 0 Å². The first-order valence-corrected chi connectivity index (χ1v) is 4.07. The molecule has 0 amide bonds. The van der Waals surface area contributed by atoms with Gasteiger partial charge < -0.3 is 35.5 Å². The van der Waals surface area contributed by atoms with Crippen LogP contribution >= 0.6 is 0 Å². The molecule has 0 heterocycles. The molecule has 0 aliphatic heterocycles. The molecule has 21 heavy (non-hydrogen) atoms. The van der Waals surface area contributed by atoms with E-state index in [1.807, 2.05) is 0 Å². The van der Waals surface area contributed by atoms with Crippen molar-refractivity contribution in [2.45, 2.75) is 12.3 Å². The molecule has 0 saturated heterocycles. The average molecular weight is 314 g/mol. The van der Waals surface area contributed by atoms with Crippen LogP contribution in [-0.4, -0.2) is 91.5 Å². The van der Waals surface area contributed by atoms with Crippen LogP contribution in [0.4, 0.5) is 8.78 Å². The van der Waals surface area contributed by atoms with Crippen LogP contribution in [0.25, 0.3) is 0 Å². The molecule has 15 heteroatoms. The SMILES string of the molecule is O=C(O)C(F)(F)C(=O)O.O=C(O)CC(=O)O.OB(O)O.[LiH]. The van der Waals surface area contributed by atoms with Crippen molar-refractivity contribution in [1.82, 2.24) is 0 Å². The normalized spacial score (nSPS) is 8.62. The van der Waals surface area contributed by atoms with Gasteiger partial charge in [0.25, 0.3) is 0 Å². The van der Waals surface area contributed by atoms with Crippen LogP contribution in [0.15, 0.2) is 0 Å². The van der Waals surface area contributed by atoms with E-state index in [2.05, 4.69) is 0 Å². The third-order valence-electron chi connectivity index (χ3n) is 0.840. The van der Waals surface area contributed by atoms with Crippen LogP contribution in [0.5, 0.6) is 0 Å². The fraction of sp³-hybridized carbons (Fsp3) is 0.333. The minimum absolute atomic E-state index is 0. The van der Waals surface area contributed by atoms with Gasteiger partial charge in [0.1, 0.15) is 6.42 Å². The number of aliphatic carboxylic acids is 4. The Labute approximate surface area is 126 Å². The standard InChI is InChI=1S/C3H2F2O4.C3H4O4.BH3O3.Li.H/c4-3(5,1(6)7)2(8)9;4-2(5)1-3(6)7;2-1(3)4;;/h(H,6,7)(H,8,9);1H2,(H,4,5)(H,6,7);2-4H;;. The molecule has 0 unspecified atom stereocenters. The van der Waals surface area contributed by atoms with E-state index in [1.165, 1.54) is 0 Å². The Kier molecular flexibility index (Phi) is 17.4. The fourth-order valence-electron chi connectivity index (χ4n) is 0.221. The van der Waals surface area contributed by atoms with Crippen LogP contribution < -0.4 is 0 Å². The van der Waals surface area contributed by atoms with Crippen molar-refractivity contribution < 1.29 is 63.5 Å². The molecule has 0 aromatic rings. The van der Waals surface area contributed by atoms with Gasteiger partial charge >= 0.3 is 56.0 Å². The van der Waals surface area contributed by atoms with Crippen molar-refractivity contribution in [2.75, 3.05) is 0 Å². The van der Waals surface area contributed by atoms with Crippen molar-refractivity contribution in [1.29, 1.82) is 0 Å². The maximum absolute atomic E-state index is 11.5. The van der Waals surface area contributed by atoms with Gasteiger partial charge in [-0.1, -0.05) is 0 Å². The van der Waals surface area contributed by atoms with Crippen molar-refractivity contribution in [3.05, 3.63) is 0 Å². The van der Waals surface area contributed by atoms with Gasteiger partial charge in [-0.3, -0.25) is 9.59 Å². The molecule has 0 atom stereocenters. The molecule has 0 aromatic carbocycles. The summed E-state index contributed by atoms with van der Waals surface area (Å²) in [5, 5.41) is 51.9. The zero-order valence-corrected chi connectivity index (χ0v) is 9.30. The fourth-order valence-corrected chi connectivity index (χ4v) is 0.221. The zero-order chi connectivity index (χ0) is 17.1. The van der Waals surface area contributed by atoms with Gasteiger partial charge in [0.05, 0.1) is 0 Å². The first kappa shape index (κ1) is 27.6. The van der Waals surface area contributed by atoms with E-state index in [9.17, 15) is 28.0 Å².